The van der Waals surface area contributed by atoms with Gasteiger partial charge in [-0.1, -0.05) is 71.2 Å². The minimum Gasteiger partial charge on any atom is -0.324 e. The van der Waals surface area contributed by atoms with Gasteiger partial charge in [0.1, 0.15) is 5.70 Å². The maximum atomic E-state index is 13.3. The number of rotatable bonds is 9. The van der Waals surface area contributed by atoms with Gasteiger partial charge in [-0.05, 0) is 79.2 Å². The molecule has 41 heavy (non-hydrogen) atoms. The topological polar surface area (TPSA) is 87.3 Å². The van der Waals surface area contributed by atoms with Crippen molar-refractivity contribution in [1.29, 1.82) is 0 Å². The molecule has 0 aromatic heterocycles. The smallest absolute Gasteiger partial charge is 0.272 e. The summed E-state index contributed by atoms with van der Waals surface area (Å²) in [5.74, 6) is -1.19. The zero-order valence-electron chi connectivity index (χ0n) is 21.7. The van der Waals surface area contributed by atoms with Crippen molar-refractivity contribution in [3.05, 3.63) is 129 Å². The molecule has 10 heteroatoms. The van der Waals surface area contributed by atoms with Crippen LogP contribution in [0.2, 0.25) is 15.1 Å². The van der Waals surface area contributed by atoms with E-state index in [-0.39, 0.29) is 11.6 Å². The Labute approximate surface area is 257 Å². The van der Waals surface area contributed by atoms with Gasteiger partial charge in [0.2, 0.25) is 5.91 Å². The van der Waals surface area contributed by atoms with Crippen LogP contribution in [-0.2, 0) is 9.59 Å². The van der Waals surface area contributed by atoms with Gasteiger partial charge < -0.3 is 16.0 Å². The molecule has 3 amide bonds. The Balaban J connectivity index is 1.47. The molecule has 0 radical (unpaired) electrons. The Hall–Kier alpha value is -3.75. The molecule has 4 rings (SSSR count). The van der Waals surface area contributed by atoms with Crippen molar-refractivity contribution in [2.75, 3.05) is 10.6 Å². The summed E-state index contributed by atoms with van der Waals surface area (Å²) in [6, 6.07) is 27.4. The summed E-state index contributed by atoms with van der Waals surface area (Å²) >= 11 is 19.4. The minimum atomic E-state index is -0.519. The van der Waals surface area contributed by atoms with Gasteiger partial charge in [0.05, 0.1) is 16.0 Å². The van der Waals surface area contributed by atoms with Gasteiger partial charge in [-0.15, -0.1) is 11.8 Å². The fourth-order valence-corrected chi connectivity index (χ4v) is 5.10. The molecule has 1 unspecified atom stereocenters. The number of carbonyl (C=O) groups excluding carboxylic acids is 3. The molecule has 4 aromatic rings. The van der Waals surface area contributed by atoms with Gasteiger partial charge >= 0.3 is 0 Å². The first-order valence-corrected chi connectivity index (χ1v) is 14.4. The number of benzene rings is 4. The number of thioether (sulfide) groups is 1. The summed E-state index contributed by atoms with van der Waals surface area (Å²) in [5.41, 5.74) is 2.09. The van der Waals surface area contributed by atoms with E-state index < -0.39 is 17.1 Å². The fraction of sp³-hybridized carbons (Fsp3) is 0.0645. The summed E-state index contributed by atoms with van der Waals surface area (Å²) in [5, 5.41) is 9.24. The van der Waals surface area contributed by atoms with Crippen LogP contribution >= 0.6 is 46.6 Å². The maximum Gasteiger partial charge on any atom is 0.272 e. The third kappa shape index (κ3) is 8.87. The number of halogens is 3. The molecule has 0 aliphatic rings. The molecular formula is C31H24Cl3N3O3S. The number of carbonyl (C=O) groups is 3. The maximum absolute atomic E-state index is 13.3. The fourth-order valence-electron chi connectivity index (χ4n) is 3.60. The summed E-state index contributed by atoms with van der Waals surface area (Å²) in [4.78, 5) is 39.7. The second kappa shape index (κ2) is 14.2. The van der Waals surface area contributed by atoms with E-state index in [9.17, 15) is 14.4 Å². The number of anilines is 2. The van der Waals surface area contributed by atoms with Crippen LogP contribution in [0.3, 0.4) is 0 Å². The molecule has 0 spiro atoms. The zero-order valence-corrected chi connectivity index (χ0v) is 24.7. The standard InChI is InChI=1S/C31H24Cl3N3O3S/c1-19(29(38)36-27-15-14-23(33)17-26(27)34)41-25-9-5-8-24(18-25)35-31(40)28(16-20-10-12-22(32)13-11-20)37-30(39)21-6-3-2-4-7-21/h2-19H,1H3,(H,35,40)(H,36,38)(H,37,39)/b28-16-. The Morgan fingerprint density at radius 2 is 1.49 bits per heavy atom. The van der Waals surface area contributed by atoms with Crippen LogP contribution in [0.4, 0.5) is 11.4 Å². The molecule has 0 bridgehead atoms. The van der Waals surface area contributed by atoms with Gasteiger partial charge in [-0.25, -0.2) is 0 Å². The van der Waals surface area contributed by atoms with Crippen molar-refractivity contribution < 1.29 is 14.4 Å². The number of hydrogen-bond donors (Lipinski definition) is 3. The first-order chi connectivity index (χ1) is 19.7. The highest BCUT2D eigenvalue weighted by Crippen LogP contribution is 2.29. The number of hydrogen-bond acceptors (Lipinski definition) is 4. The van der Waals surface area contributed by atoms with Crippen LogP contribution < -0.4 is 16.0 Å². The van der Waals surface area contributed by atoms with Crippen LogP contribution in [0, 0.1) is 0 Å². The first-order valence-electron chi connectivity index (χ1n) is 12.4. The average Bonchev–Trinajstić information content (AvgIpc) is 2.95. The first kappa shape index (κ1) is 30.2. The van der Waals surface area contributed by atoms with Crippen LogP contribution in [0.25, 0.3) is 6.08 Å². The van der Waals surface area contributed by atoms with E-state index in [0.29, 0.717) is 37.6 Å². The van der Waals surface area contributed by atoms with Crippen LogP contribution in [-0.4, -0.2) is 23.0 Å². The lowest BCUT2D eigenvalue weighted by atomic mass is 10.1. The lowest BCUT2D eigenvalue weighted by Gasteiger charge is -2.15. The Morgan fingerprint density at radius 3 is 2.20 bits per heavy atom. The molecule has 0 aliphatic heterocycles. The summed E-state index contributed by atoms with van der Waals surface area (Å²) in [6.45, 7) is 1.77. The zero-order chi connectivity index (χ0) is 29.4. The number of nitrogens with one attached hydrogen (secondary N) is 3. The van der Waals surface area contributed by atoms with E-state index in [1.165, 1.54) is 11.8 Å². The SMILES string of the molecule is CC(Sc1cccc(NC(=O)/C(=C/c2ccc(Cl)cc2)NC(=O)c2ccccc2)c1)C(=O)Nc1ccc(Cl)cc1Cl. The molecule has 1 atom stereocenters. The number of amides is 3. The molecule has 0 fully saturated rings. The van der Waals surface area contributed by atoms with Gasteiger partial charge in [0, 0.05) is 26.2 Å². The second-order valence-electron chi connectivity index (χ2n) is 8.79. The van der Waals surface area contributed by atoms with E-state index in [1.807, 2.05) is 6.07 Å². The highest BCUT2D eigenvalue weighted by atomic mass is 35.5. The Kier molecular flexibility index (Phi) is 10.5. The molecule has 0 aliphatic carbocycles. The molecular weight excluding hydrogens is 601 g/mol. The van der Waals surface area contributed by atoms with Gasteiger partial charge in [-0.3, -0.25) is 14.4 Å². The third-order valence-electron chi connectivity index (χ3n) is 5.67. The molecule has 208 valence electrons. The lowest BCUT2D eigenvalue weighted by molar-refractivity contribution is -0.115. The van der Waals surface area contributed by atoms with E-state index >= 15 is 0 Å². The molecule has 3 N–H and O–H groups in total. The third-order valence-corrected chi connectivity index (χ3v) is 7.57. The monoisotopic (exact) mass is 623 g/mol. The van der Waals surface area contributed by atoms with Crippen molar-refractivity contribution in [3.63, 3.8) is 0 Å². The molecule has 0 heterocycles. The average molecular weight is 625 g/mol. The largest absolute Gasteiger partial charge is 0.324 e. The van der Waals surface area contributed by atoms with Crippen molar-refractivity contribution in [1.82, 2.24) is 5.32 Å². The summed E-state index contributed by atoms with van der Waals surface area (Å²) in [6.07, 6.45) is 1.57. The van der Waals surface area contributed by atoms with Crippen LogP contribution in [0.1, 0.15) is 22.8 Å². The second-order valence-corrected chi connectivity index (χ2v) is 11.5. The highest BCUT2D eigenvalue weighted by molar-refractivity contribution is 8.00. The molecule has 4 aromatic carbocycles. The summed E-state index contributed by atoms with van der Waals surface area (Å²) < 4.78 is 0. The minimum absolute atomic E-state index is 0.0480. The van der Waals surface area contributed by atoms with Crippen LogP contribution in [0.5, 0.6) is 0 Å². The molecule has 0 saturated carbocycles. The van der Waals surface area contributed by atoms with Crippen LogP contribution in [0.15, 0.2) is 108 Å². The van der Waals surface area contributed by atoms with E-state index in [1.54, 1.807) is 104 Å². The predicted octanol–water partition coefficient (Wildman–Crippen LogP) is 8.18. The van der Waals surface area contributed by atoms with E-state index in [2.05, 4.69) is 16.0 Å². The van der Waals surface area contributed by atoms with Crippen molar-refractivity contribution >= 4 is 81.7 Å². The van der Waals surface area contributed by atoms with Crippen molar-refractivity contribution in [2.24, 2.45) is 0 Å². The van der Waals surface area contributed by atoms with E-state index in [0.717, 1.165) is 4.90 Å². The summed E-state index contributed by atoms with van der Waals surface area (Å²) in [7, 11) is 0. The molecule has 6 nitrogen and oxygen atoms in total. The molecule has 0 saturated heterocycles. The Bertz CT molecular complexity index is 1600. The van der Waals surface area contributed by atoms with Crippen molar-refractivity contribution in [2.45, 2.75) is 17.1 Å². The Morgan fingerprint density at radius 1 is 0.780 bits per heavy atom. The highest BCUT2D eigenvalue weighted by Gasteiger charge is 2.18. The predicted molar refractivity (Wildman–Crippen MR) is 169 cm³/mol. The van der Waals surface area contributed by atoms with E-state index in [4.69, 9.17) is 34.8 Å². The normalized spacial score (nSPS) is 11.9. The lowest BCUT2D eigenvalue weighted by Crippen LogP contribution is -2.30. The quantitative estimate of drug-likeness (QED) is 0.129. The van der Waals surface area contributed by atoms with Gasteiger partial charge in [-0.2, -0.15) is 0 Å². The van der Waals surface area contributed by atoms with Gasteiger partial charge in [0.25, 0.3) is 11.8 Å². The van der Waals surface area contributed by atoms with Gasteiger partial charge in [0.15, 0.2) is 0 Å². The van der Waals surface area contributed by atoms with Crippen molar-refractivity contribution in [3.8, 4) is 0 Å².